The molecule has 0 amide bonds. The largest absolute Gasteiger partial charge is 0.357 e. The summed E-state index contributed by atoms with van der Waals surface area (Å²) in [6, 6.07) is 0. The van der Waals surface area contributed by atoms with E-state index in [1.165, 1.54) is 25.7 Å². The quantitative estimate of drug-likeness (QED) is 0.753. The number of nitrogens with one attached hydrogen (secondary N) is 2. The molecule has 1 saturated heterocycles. The van der Waals surface area contributed by atoms with Gasteiger partial charge in [-0.1, -0.05) is 13.8 Å². The maximum Gasteiger partial charge on any atom is 0.231 e. The molecule has 0 aromatic carbocycles. The normalized spacial score (nSPS) is 15.3. The second kappa shape index (κ2) is 8.00. The van der Waals surface area contributed by atoms with E-state index in [9.17, 15) is 0 Å². The van der Waals surface area contributed by atoms with Gasteiger partial charge in [-0.15, -0.1) is 0 Å². The highest BCUT2D eigenvalue weighted by Gasteiger charge is 2.15. The van der Waals surface area contributed by atoms with Crippen LogP contribution in [0.2, 0.25) is 0 Å². The van der Waals surface area contributed by atoms with Crippen LogP contribution in [-0.2, 0) is 0 Å². The van der Waals surface area contributed by atoms with Gasteiger partial charge in [0.05, 0.1) is 0 Å². The Hall–Kier alpha value is -1.59. The third-order valence-electron chi connectivity index (χ3n) is 3.73. The third-order valence-corrected chi connectivity index (χ3v) is 3.73. The van der Waals surface area contributed by atoms with Crippen molar-refractivity contribution in [2.75, 3.05) is 42.2 Å². The highest BCUT2D eigenvalue weighted by molar-refractivity contribution is 5.43. The Balaban J connectivity index is 1.99. The Morgan fingerprint density at radius 2 is 1.76 bits per heavy atom. The first-order valence-electron chi connectivity index (χ1n) is 8.11. The fourth-order valence-corrected chi connectivity index (χ4v) is 2.50. The lowest BCUT2D eigenvalue weighted by molar-refractivity contribution is 0.564. The highest BCUT2D eigenvalue weighted by Crippen LogP contribution is 2.18. The summed E-state index contributed by atoms with van der Waals surface area (Å²) < 4.78 is 0. The number of piperidine rings is 1. The molecular formula is C15H28N6. The molecule has 1 aromatic heterocycles. The molecule has 2 heterocycles. The first-order chi connectivity index (χ1) is 10.2. The molecule has 2 rings (SSSR count). The van der Waals surface area contributed by atoms with Crippen LogP contribution < -0.4 is 15.5 Å². The number of anilines is 3. The van der Waals surface area contributed by atoms with Crippen molar-refractivity contribution >= 4 is 17.8 Å². The lowest BCUT2D eigenvalue weighted by Crippen LogP contribution is -2.31. The predicted octanol–water partition coefficient (Wildman–Crippen LogP) is 2.75. The van der Waals surface area contributed by atoms with Gasteiger partial charge in [0, 0.05) is 26.7 Å². The average Bonchev–Trinajstić information content (AvgIpc) is 2.52. The first-order valence-corrected chi connectivity index (χ1v) is 8.11. The average molecular weight is 292 g/mol. The molecule has 118 valence electrons. The lowest BCUT2D eigenvalue weighted by atomic mass is 10.1. The van der Waals surface area contributed by atoms with Gasteiger partial charge in [0.25, 0.3) is 0 Å². The van der Waals surface area contributed by atoms with E-state index in [0.717, 1.165) is 37.9 Å². The number of rotatable bonds is 7. The van der Waals surface area contributed by atoms with Gasteiger partial charge >= 0.3 is 0 Å². The van der Waals surface area contributed by atoms with E-state index < -0.39 is 0 Å². The van der Waals surface area contributed by atoms with Crippen LogP contribution in [0.15, 0.2) is 0 Å². The van der Waals surface area contributed by atoms with Crippen molar-refractivity contribution in [2.45, 2.75) is 46.0 Å². The molecule has 21 heavy (non-hydrogen) atoms. The van der Waals surface area contributed by atoms with Crippen molar-refractivity contribution in [2.24, 2.45) is 5.92 Å². The molecule has 6 heteroatoms. The van der Waals surface area contributed by atoms with Crippen LogP contribution in [0, 0.1) is 5.92 Å². The molecule has 2 N–H and O–H groups in total. The van der Waals surface area contributed by atoms with Crippen molar-refractivity contribution in [1.29, 1.82) is 0 Å². The standard InChI is InChI=1S/C15H28N6/c1-12(2)8-7-9-17-14-18-13(16-3)19-15(20-14)21-10-5-4-6-11-21/h12H,4-11H2,1-3H3,(H2,16,17,18,19,20). The summed E-state index contributed by atoms with van der Waals surface area (Å²) in [5.41, 5.74) is 0. The van der Waals surface area contributed by atoms with Gasteiger partial charge in [-0.05, 0) is 38.0 Å². The molecule has 0 bridgehead atoms. The van der Waals surface area contributed by atoms with Crippen molar-refractivity contribution in [3.05, 3.63) is 0 Å². The molecule has 1 aliphatic heterocycles. The number of hydrogen-bond acceptors (Lipinski definition) is 6. The zero-order valence-electron chi connectivity index (χ0n) is 13.5. The van der Waals surface area contributed by atoms with E-state index in [2.05, 4.69) is 44.3 Å². The third kappa shape index (κ3) is 5.02. The second-order valence-corrected chi connectivity index (χ2v) is 6.04. The molecule has 0 atom stereocenters. The summed E-state index contributed by atoms with van der Waals surface area (Å²) in [4.78, 5) is 15.7. The Bertz CT molecular complexity index is 428. The number of nitrogens with zero attached hydrogens (tertiary/aromatic N) is 4. The summed E-state index contributed by atoms with van der Waals surface area (Å²) in [6.45, 7) is 7.48. The molecule has 6 nitrogen and oxygen atoms in total. The van der Waals surface area contributed by atoms with Crippen LogP contribution in [0.4, 0.5) is 17.8 Å². The summed E-state index contributed by atoms with van der Waals surface area (Å²) >= 11 is 0. The Morgan fingerprint density at radius 1 is 1.05 bits per heavy atom. The molecule has 0 unspecified atom stereocenters. The van der Waals surface area contributed by atoms with E-state index >= 15 is 0 Å². The van der Waals surface area contributed by atoms with Gasteiger partial charge < -0.3 is 15.5 Å². The van der Waals surface area contributed by atoms with Gasteiger partial charge in [0.15, 0.2) is 0 Å². The Kier molecular flexibility index (Phi) is 6.02. The minimum Gasteiger partial charge on any atom is -0.357 e. The summed E-state index contributed by atoms with van der Waals surface area (Å²) in [6.07, 6.45) is 6.10. The summed E-state index contributed by atoms with van der Waals surface area (Å²) in [5, 5.41) is 6.35. The lowest BCUT2D eigenvalue weighted by Gasteiger charge is -2.26. The molecule has 0 saturated carbocycles. The topological polar surface area (TPSA) is 66.0 Å². The smallest absolute Gasteiger partial charge is 0.231 e. The molecule has 1 aromatic rings. The number of hydrogen-bond donors (Lipinski definition) is 2. The molecule has 0 aliphatic carbocycles. The fraction of sp³-hybridized carbons (Fsp3) is 0.800. The van der Waals surface area contributed by atoms with Gasteiger partial charge in [-0.3, -0.25) is 0 Å². The molecule has 1 aliphatic rings. The summed E-state index contributed by atoms with van der Waals surface area (Å²) in [7, 11) is 1.85. The van der Waals surface area contributed by atoms with Gasteiger partial charge in [0.1, 0.15) is 0 Å². The molecule has 1 fully saturated rings. The van der Waals surface area contributed by atoms with Crippen LogP contribution in [0.3, 0.4) is 0 Å². The van der Waals surface area contributed by atoms with E-state index in [0.29, 0.717) is 11.9 Å². The van der Waals surface area contributed by atoms with Crippen LogP contribution in [0.5, 0.6) is 0 Å². The number of aromatic nitrogens is 3. The minimum atomic E-state index is 0.636. The van der Waals surface area contributed by atoms with Gasteiger partial charge in [0.2, 0.25) is 17.8 Å². The van der Waals surface area contributed by atoms with E-state index in [-0.39, 0.29) is 0 Å². The maximum atomic E-state index is 4.57. The monoisotopic (exact) mass is 292 g/mol. The zero-order valence-corrected chi connectivity index (χ0v) is 13.5. The first kappa shape index (κ1) is 15.8. The molecule has 0 spiro atoms. The van der Waals surface area contributed by atoms with Crippen LogP contribution in [0.25, 0.3) is 0 Å². The SMILES string of the molecule is CNc1nc(NCCCC(C)C)nc(N2CCCCC2)n1. The van der Waals surface area contributed by atoms with E-state index in [4.69, 9.17) is 0 Å². The zero-order chi connectivity index (χ0) is 15.1. The van der Waals surface area contributed by atoms with Crippen molar-refractivity contribution in [1.82, 2.24) is 15.0 Å². The van der Waals surface area contributed by atoms with E-state index in [1.54, 1.807) is 0 Å². The van der Waals surface area contributed by atoms with Crippen LogP contribution in [-0.4, -0.2) is 41.6 Å². The Labute approximate surface area is 127 Å². The summed E-state index contributed by atoms with van der Waals surface area (Å²) in [5.74, 6) is 2.85. The molecular weight excluding hydrogens is 264 g/mol. The maximum absolute atomic E-state index is 4.57. The predicted molar refractivity (Wildman–Crippen MR) is 88.0 cm³/mol. The van der Waals surface area contributed by atoms with Crippen molar-refractivity contribution in [3.8, 4) is 0 Å². The molecule has 0 radical (unpaired) electrons. The van der Waals surface area contributed by atoms with Crippen molar-refractivity contribution in [3.63, 3.8) is 0 Å². The second-order valence-electron chi connectivity index (χ2n) is 6.04. The van der Waals surface area contributed by atoms with Crippen LogP contribution in [0.1, 0.15) is 46.0 Å². The van der Waals surface area contributed by atoms with Crippen LogP contribution >= 0.6 is 0 Å². The highest BCUT2D eigenvalue weighted by atomic mass is 15.3. The van der Waals surface area contributed by atoms with Gasteiger partial charge in [-0.25, -0.2) is 0 Å². The fourth-order valence-electron chi connectivity index (χ4n) is 2.50. The van der Waals surface area contributed by atoms with Crippen molar-refractivity contribution < 1.29 is 0 Å². The Morgan fingerprint density at radius 3 is 2.43 bits per heavy atom. The van der Waals surface area contributed by atoms with Gasteiger partial charge in [-0.2, -0.15) is 15.0 Å². The van der Waals surface area contributed by atoms with E-state index in [1.807, 2.05) is 7.05 Å². The minimum absolute atomic E-state index is 0.636.